The van der Waals surface area contributed by atoms with Crippen molar-refractivity contribution < 1.29 is 23.6 Å². The molecule has 208 valence electrons. The Morgan fingerprint density at radius 1 is 1.05 bits per heavy atom. The minimum absolute atomic E-state index is 0.0231. The number of hydrogen-bond acceptors (Lipinski definition) is 6. The average Bonchev–Trinajstić information content (AvgIpc) is 3.67. The Balaban J connectivity index is 1.19. The van der Waals surface area contributed by atoms with Gasteiger partial charge < -0.3 is 19.9 Å². The molecule has 10 heteroatoms. The predicted octanol–water partition coefficient (Wildman–Crippen LogP) is 5.10. The summed E-state index contributed by atoms with van der Waals surface area (Å²) in [5.41, 5.74) is 5.50. The number of hydrogen-bond donors (Lipinski definition) is 3. The van der Waals surface area contributed by atoms with Crippen LogP contribution in [0.1, 0.15) is 52.5 Å². The fourth-order valence-electron chi connectivity index (χ4n) is 5.26. The fraction of sp³-hybridized carbons (Fsp3) is 0.414. The standard InChI is InChI=1S/C29H35N3O5S2/c1-29(34,19-37-16-15-36-18-20-7-3-2-4-8-20)25-13-14-26(38-25)39(30,35)32-28(33)31-27-23-11-5-9-21(23)17-22-10-6-12-24(22)27/h2-4,7-8,13-14,17,34H,5-6,9-12,15-16,18-19H2,1H3,(H3,30,31,32,33,35)/t29-,39?/m0/s1. The van der Waals surface area contributed by atoms with Crippen LogP contribution >= 0.6 is 11.3 Å². The van der Waals surface area contributed by atoms with E-state index in [1.165, 1.54) is 22.3 Å². The molecule has 0 radical (unpaired) electrons. The molecule has 8 nitrogen and oxygen atoms in total. The van der Waals surface area contributed by atoms with Crippen LogP contribution < -0.4 is 10.5 Å². The first-order valence-electron chi connectivity index (χ1n) is 13.3. The van der Waals surface area contributed by atoms with Crippen molar-refractivity contribution in [1.82, 2.24) is 0 Å². The highest BCUT2D eigenvalue weighted by Crippen LogP contribution is 2.39. The van der Waals surface area contributed by atoms with E-state index in [1.807, 2.05) is 30.3 Å². The second-order valence-corrected chi connectivity index (χ2v) is 13.4. The van der Waals surface area contributed by atoms with Crippen LogP contribution in [-0.4, -0.2) is 35.2 Å². The molecule has 5 rings (SSSR count). The number of nitrogens with two attached hydrogens (primary N) is 1. The lowest BCUT2D eigenvalue weighted by Gasteiger charge is -2.21. The quantitative estimate of drug-likeness (QED) is 0.293. The number of fused-ring (bicyclic) bond motifs is 2. The highest BCUT2D eigenvalue weighted by Gasteiger charge is 2.28. The number of nitrogens with zero attached hydrogens (tertiary/aromatic N) is 1. The van der Waals surface area contributed by atoms with Crippen LogP contribution in [0.5, 0.6) is 0 Å². The molecule has 0 aliphatic heterocycles. The van der Waals surface area contributed by atoms with Gasteiger partial charge in [0.1, 0.15) is 9.81 Å². The largest absolute Gasteiger partial charge is 0.382 e. The molecule has 0 saturated heterocycles. The molecular formula is C29H35N3O5S2. The number of aliphatic hydroxyl groups is 1. The number of benzene rings is 2. The van der Waals surface area contributed by atoms with Gasteiger partial charge in [0.05, 0.1) is 26.4 Å². The maximum atomic E-state index is 13.3. The van der Waals surface area contributed by atoms with E-state index < -0.39 is 21.5 Å². The second kappa shape index (κ2) is 11.9. The third-order valence-corrected chi connectivity index (χ3v) is 10.4. The summed E-state index contributed by atoms with van der Waals surface area (Å²) in [6.07, 6.45) is 5.99. The molecule has 39 heavy (non-hydrogen) atoms. The van der Waals surface area contributed by atoms with Gasteiger partial charge in [-0.2, -0.15) is 0 Å². The van der Waals surface area contributed by atoms with Crippen LogP contribution in [0.2, 0.25) is 0 Å². The fourth-order valence-corrected chi connectivity index (χ4v) is 7.53. The Labute approximate surface area is 233 Å². The van der Waals surface area contributed by atoms with Crippen molar-refractivity contribution >= 4 is 33.0 Å². The Bertz CT molecular complexity index is 1430. The van der Waals surface area contributed by atoms with Crippen LogP contribution in [0.15, 0.2) is 57.1 Å². The van der Waals surface area contributed by atoms with Crippen molar-refractivity contribution in [3.05, 3.63) is 81.2 Å². The van der Waals surface area contributed by atoms with Crippen molar-refractivity contribution in [2.45, 2.75) is 61.9 Å². The van der Waals surface area contributed by atoms with Crippen molar-refractivity contribution in [2.75, 3.05) is 25.1 Å². The van der Waals surface area contributed by atoms with Crippen LogP contribution in [0, 0.1) is 0 Å². The molecule has 2 amide bonds. The number of thiophene rings is 1. The molecule has 3 aromatic rings. The molecule has 4 N–H and O–H groups in total. The van der Waals surface area contributed by atoms with E-state index in [-0.39, 0.29) is 10.8 Å². The summed E-state index contributed by atoms with van der Waals surface area (Å²) in [6.45, 7) is 2.84. The van der Waals surface area contributed by atoms with Gasteiger partial charge in [-0.05, 0) is 85.4 Å². The molecule has 0 spiro atoms. The maximum absolute atomic E-state index is 13.3. The summed E-state index contributed by atoms with van der Waals surface area (Å²) in [5, 5.41) is 19.9. The highest BCUT2D eigenvalue weighted by atomic mass is 32.2. The Morgan fingerprint density at radius 3 is 2.41 bits per heavy atom. The molecule has 2 aliphatic carbocycles. The molecule has 1 unspecified atom stereocenters. The first-order chi connectivity index (χ1) is 18.7. The lowest BCUT2D eigenvalue weighted by molar-refractivity contribution is -0.0508. The molecule has 0 bridgehead atoms. The van der Waals surface area contributed by atoms with Crippen molar-refractivity contribution in [3.63, 3.8) is 0 Å². The summed E-state index contributed by atoms with van der Waals surface area (Å²) < 4.78 is 28.6. The van der Waals surface area contributed by atoms with Crippen LogP contribution in [0.25, 0.3) is 0 Å². The molecular weight excluding hydrogens is 534 g/mol. The number of carbonyl (C=O) groups excluding carboxylic acids is 1. The van der Waals surface area contributed by atoms with E-state index in [0.717, 1.165) is 61.1 Å². The van der Waals surface area contributed by atoms with Gasteiger partial charge in [0.25, 0.3) is 0 Å². The smallest absolute Gasteiger partial charge is 0.354 e. The third kappa shape index (κ3) is 6.59. The number of urea groups is 1. The number of amides is 2. The Hall–Kier alpha value is -2.60. The summed E-state index contributed by atoms with van der Waals surface area (Å²) >= 11 is 1.07. The molecule has 1 heterocycles. The van der Waals surface area contributed by atoms with E-state index >= 15 is 0 Å². The maximum Gasteiger partial charge on any atom is 0.354 e. The molecule has 2 atom stereocenters. The average molecular weight is 570 g/mol. The van der Waals surface area contributed by atoms with Crippen molar-refractivity contribution in [3.8, 4) is 0 Å². The molecule has 0 fully saturated rings. The number of carbonyl (C=O) groups is 1. The number of rotatable bonds is 10. The zero-order valence-corrected chi connectivity index (χ0v) is 23.7. The topological polar surface area (TPSA) is 123 Å². The minimum Gasteiger partial charge on any atom is -0.382 e. The molecule has 0 saturated carbocycles. The van der Waals surface area contributed by atoms with E-state index in [0.29, 0.717) is 24.7 Å². The van der Waals surface area contributed by atoms with Crippen LogP contribution in [-0.2, 0) is 57.3 Å². The Morgan fingerprint density at radius 2 is 1.72 bits per heavy atom. The lowest BCUT2D eigenvalue weighted by atomic mass is 9.99. The third-order valence-electron chi connectivity index (χ3n) is 7.19. The number of anilines is 1. The van der Waals surface area contributed by atoms with Gasteiger partial charge in [0, 0.05) is 10.6 Å². The normalized spacial score (nSPS) is 17.2. The minimum atomic E-state index is -3.50. The van der Waals surface area contributed by atoms with Crippen molar-refractivity contribution in [1.29, 1.82) is 0 Å². The molecule has 2 aromatic carbocycles. The van der Waals surface area contributed by atoms with E-state index in [2.05, 4.69) is 15.7 Å². The summed E-state index contributed by atoms with van der Waals surface area (Å²) in [5.74, 6) is 0. The van der Waals surface area contributed by atoms with Crippen LogP contribution in [0.3, 0.4) is 0 Å². The zero-order valence-electron chi connectivity index (χ0n) is 22.1. The summed E-state index contributed by atoms with van der Waals surface area (Å²) in [6, 6.07) is 14.6. The number of ether oxygens (including phenoxy) is 2. The summed E-state index contributed by atoms with van der Waals surface area (Å²) in [7, 11) is -3.50. The monoisotopic (exact) mass is 569 g/mol. The lowest BCUT2D eigenvalue weighted by Crippen LogP contribution is -2.27. The van der Waals surface area contributed by atoms with E-state index in [1.54, 1.807) is 19.1 Å². The molecule has 2 aliphatic rings. The van der Waals surface area contributed by atoms with Gasteiger partial charge in [0.2, 0.25) is 0 Å². The second-order valence-electron chi connectivity index (χ2n) is 10.3. The van der Waals surface area contributed by atoms with Gasteiger partial charge in [-0.3, -0.25) is 0 Å². The van der Waals surface area contributed by atoms with Gasteiger partial charge in [0.15, 0.2) is 9.92 Å². The van der Waals surface area contributed by atoms with Gasteiger partial charge in [-0.25, -0.2) is 14.1 Å². The van der Waals surface area contributed by atoms with E-state index in [9.17, 15) is 14.1 Å². The van der Waals surface area contributed by atoms with Gasteiger partial charge in [-0.15, -0.1) is 15.7 Å². The van der Waals surface area contributed by atoms with Gasteiger partial charge in [-0.1, -0.05) is 36.4 Å². The predicted molar refractivity (Wildman–Crippen MR) is 153 cm³/mol. The van der Waals surface area contributed by atoms with E-state index in [4.69, 9.17) is 14.6 Å². The molecule has 1 aromatic heterocycles. The van der Waals surface area contributed by atoms with Crippen LogP contribution in [0.4, 0.5) is 10.5 Å². The Kier molecular flexibility index (Phi) is 8.51. The van der Waals surface area contributed by atoms with Crippen molar-refractivity contribution in [2.24, 2.45) is 9.50 Å². The number of nitrogens with one attached hydrogen (secondary N) is 1. The first-order valence-corrected chi connectivity index (χ1v) is 15.7. The first kappa shape index (κ1) is 27.9. The SMILES string of the molecule is C[C@](O)(COCCOCc1ccccc1)c1ccc(S(N)(=O)=NC(=O)Nc2c3c(cc4c2CCC4)CCC3)s1. The summed E-state index contributed by atoms with van der Waals surface area (Å²) in [4.78, 5) is 13.4. The number of aryl methyl sites for hydroxylation is 2. The highest BCUT2D eigenvalue weighted by molar-refractivity contribution is 7.93. The van der Waals surface area contributed by atoms with Gasteiger partial charge >= 0.3 is 6.03 Å². The zero-order chi connectivity index (χ0) is 27.5.